The first-order chi connectivity index (χ1) is 9.29. The first kappa shape index (κ1) is 14.5. The van der Waals surface area contributed by atoms with E-state index in [-0.39, 0.29) is 0 Å². The third-order valence-electron chi connectivity index (χ3n) is 4.45. The summed E-state index contributed by atoms with van der Waals surface area (Å²) in [5.74, 6) is 1.55. The Morgan fingerprint density at radius 3 is 2.58 bits per heavy atom. The van der Waals surface area contributed by atoms with Gasteiger partial charge in [0.05, 0.1) is 0 Å². The number of aromatic nitrogens is 1. The first-order valence-electron chi connectivity index (χ1n) is 7.57. The van der Waals surface area contributed by atoms with E-state index in [0.717, 1.165) is 31.3 Å². The van der Waals surface area contributed by atoms with Gasteiger partial charge in [0.2, 0.25) is 0 Å². The van der Waals surface area contributed by atoms with Crippen LogP contribution in [0.4, 0.5) is 0 Å². The predicted molar refractivity (Wildman–Crippen MR) is 79.9 cm³/mol. The molecule has 1 aromatic rings. The minimum absolute atomic E-state index is 0.747. The van der Waals surface area contributed by atoms with Gasteiger partial charge in [0.15, 0.2) is 0 Å². The zero-order chi connectivity index (χ0) is 13.5. The van der Waals surface area contributed by atoms with Crippen molar-refractivity contribution in [2.24, 2.45) is 17.6 Å². The topological polar surface area (TPSA) is 42.2 Å². The second-order valence-electron chi connectivity index (χ2n) is 5.91. The SMILES string of the molecule is CN(CCc1ccncc1)CC1CCCCC1CN. The Labute approximate surface area is 117 Å². The Bertz CT molecular complexity index is 352. The summed E-state index contributed by atoms with van der Waals surface area (Å²) in [6, 6.07) is 4.22. The molecule has 1 aliphatic carbocycles. The Morgan fingerprint density at radius 2 is 1.89 bits per heavy atom. The Hall–Kier alpha value is -0.930. The molecule has 2 N–H and O–H groups in total. The first-order valence-corrected chi connectivity index (χ1v) is 7.57. The van der Waals surface area contributed by atoms with E-state index in [1.807, 2.05) is 12.4 Å². The average molecular weight is 261 g/mol. The van der Waals surface area contributed by atoms with Crippen molar-refractivity contribution in [3.8, 4) is 0 Å². The summed E-state index contributed by atoms with van der Waals surface area (Å²) in [4.78, 5) is 6.53. The lowest BCUT2D eigenvalue weighted by molar-refractivity contribution is 0.175. The molecule has 0 radical (unpaired) electrons. The summed E-state index contributed by atoms with van der Waals surface area (Å²) in [7, 11) is 2.24. The molecule has 106 valence electrons. The number of pyridine rings is 1. The molecule has 3 nitrogen and oxygen atoms in total. The number of nitrogens with zero attached hydrogens (tertiary/aromatic N) is 2. The second kappa shape index (κ2) is 7.61. The van der Waals surface area contributed by atoms with Gasteiger partial charge >= 0.3 is 0 Å². The van der Waals surface area contributed by atoms with E-state index >= 15 is 0 Å². The van der Waals surface area contributed by atoms with Gasteiger partial charge in [-0.05, 0) is 62.4 Å². The van der Waals surface area contributed by atoms with Gasteiger partial charge in [0.1, 0.15) is 0 Å². The van der Waals surface area contributed by atoms with Crippen molar-refractivity contribution in [1.82, 2.24) is 9.88 Å². The van der Waals surface area contributed by atoms with E-state index in [0.29, 0.717) is 0 Å². The molecule has 2 atom stereocenters. The smallest absolute Gasteiger partial charge is 0.0270 e. The van der Waals surface area contributed by atoms with Crippen LogP contribution in [0, 0.1) is 11.8 Å². The highest BCUT2D eigenvalue weighted by Gasteiger charge is 2.24. The number of hydrogen-bond acceptors (Lipinski definition) is 3. The van der Waals surface area contributed by atoms with Crippen molar-refractivity contribution in [2.45, 2.75) is 32.1 Å². The molecule has 0 bridgehead atoms. The highest BCUT2D eigenvalue weighted by Crippen LogP contribution is 2.29. The lowest BCUT2D eigenvalue weighted by atomic mass is 9.79. The highest BCUT2D eigenvalue weighted by molar-refractivity contribution is 5.09. The van der Waals surface area contributed by atoms with Crippen LogP contribution in [0.1, 0.15) is 31.2 Å². The molecule has 3 heteroatoms. The molecule has 1 aromatic heterocycles. The fourth-order valence-corrected chi connectivity index (χ4v) is 3.20. The average Bonchev–Trinajstić information content (AvgIpc) is 2.47. The van der Waals surface area contributed by atoms with Crippen LogP contribution in [0.15, 0.2) is 24.5 Å². The van der Waals surface area contributed by atoms with Crippen LogP contribution in [-0.2, 0) is 6.42 Å². The molecular weight excluding hydrogens is 234 g/mol. The summed E-state index contributed by atoms with van der Waals surface area (Å²) in [6.45, 7) is 3.19. The molecule has 0 amide bonds. The zero-order valence-electron chi connectivity index (χ0n) is 12.1. The molecule has 19 heavy (non-hydrogen) atoms. The van der Waals surface area contributed by atoms with Crippen LogP contribution in [0.2, 0.25) is 0 Å². The molecule has 1 aliphatic rings. The van der Waals surface area contributed by atoms with Crippen molar-refractivity contribution in [1.29, 1.82) is 0 Å². The van der Waals surface area contributed by atoms with Crippen molar-refractivity contribution in [2.75, 3.05) is 26.7 Å². The van der Waals surface area contributed by atoms with E-state index in [9.17, 15) is 0 Å². The number of hydrogen-bond donors (Lipinski definition) is 1. The quantitative estimate of drug-likeness (QED) is 0.854. The van der Waals surface area contributed by atoms with Crippen LogP contribution < -0.4 is 5.73 Å². The molecule has 1 saturated carbocycles. The van der Waals surface area contributed by atoms with Crippen LogP contribution in [0.3, 0.4) is 0 Å². The third kappa shape index (κ3) is 4.59. The summed E-state index contributed by atoms with van der Waals surface area (Å²) in [5.41, 5.74) is 7.28. The zero-order valence-corrected chi connectivity index (χ0v) is 12.1. The molecular formula is C16H27N3. The molecule has 0 saturated heterocycles. The minimum Gasteiger partial charge on any atom is -0.330 e. The van der Waals surface area contributed by atoms with E-state index in [1.54, 1.807) is 0 Å². The van der Waals surface area contributed by atoms with Gasteiger partial charge in [-0.2, -0.15) is 0 Å². The lowest BCUT2D eigenvalue weighted by Gasteiger charge is -2.33. The van der Waals surface area contributed by atoms with Crippen molar-refractivity contribution in [3.05, 3.63) is 30.1 Å². The standard InChI is InChI=1S/C16H27N3/c1-19(11-8-14-6-9-18-10-7-14)13-16-5-3-2-4-15(16)12-17/h6-7,9-10,15-16H,2-5,8,11-13,17H2,1H3. The Balaban J connectivity index is 1.75. The van der Waals surface area contributed by atoms with E-state index in [2.05, 4.69) is 29.1 Å². The van der Waals surface area contributed by atoms with Crippen LogP contribution in [0.25, 0.3) is 0 Å². The number of likely N-dealkylation sites (N-methyl/N-ethyl adjacent to an activating group) is 1. The molecule has 1 fully saturated rings. The van der Waals surface area contributed by atoms with Gasteiger partial charge in [-0.3, -0.25) is 4.98 Å². The maximum Gasteiger partial charge on any atom is 0.0270 e. The van der Waals surface area contributed by atoms with Crippen molar-refractivity contribution < 1.29 is 0 Å². The van der Waals surface area contributed by atoms with Crippen molar-refractivity contribution in [3.63, 3.8) is 0 Å². The molecule has 0 aromatic carbocycles. The normalized spacial score (nSPS) is 23.7. The summed E-state index contributed by atoms with van der Waals surface area (Å²) in [5, 5.41) is 0. The van der Waals surface area contributed by atoms with Crippen LogP contribution in [-0.4, -0.2) is 36.6 Å². The van der Waals surface area contributed by atoms with Gasteiger partial charge in [-0.15, -0.1) is 0 Å². The van der Waals surface area contributed by atoms with E-state index < -0.39 is 0 Å². The maximum atomic E-state index is 5.91. The lowest BCUT2D eigenvalue weighted by Crippen LogP contribution is -2.36. The second-order valence-corrected chi connectivity index (χ2v) is 5.91. The fourth-order valence-electron chi connectivity index (χ4n) is 3.20. The predicted octanol–water partition coefficient (Wildman–Crippen LogP) is 2.32. The number of rotatable bonds is 6. The van der Waals surface area contributed by atoms with Gasteiger partial charge in [-0.1, -0.05) is 12.8 Å². The Kier molecular flexibility index (Phi) is 5.80. The summed E-state index contributed by atoms with van der Waals surface area (Å²) >= 11 is 0. The van der Waals surface area contributed by atoms with Crippen LogP contribution >= 0.6 is 0 Å². The molecule has 0 spiro atoms. The third-order valence-corrected chi connectivity index (χ3v) is 4.45. The summed E-state index contributed by atoms with van der Waals surface area (Å²) in [6.07, 6.45) is 10.3. The van der Waals surface area contributed by atoms with Gasteiger partial charge < -0.3 is 10.6 Å². The molecule has 2 rings (SSSR count). The van der Waals surface area contributed by atoms with Gasteiger partial charge in [0.25, 0.3) is 0 Å². The van der Waals surface area contributed by atoms with E-state index in [1.165, 1.54) is 37.8 Å². The molecule has 1 heterocycles. The van der Waals surface area contributed by atoms with E-state index in [4.69, 9.17) is 5.73 Å². The fraction of sp³-hybridized carbons (Fsp3) is 0.688. The minimum atomic E-state index is 0.747. The highest BCUT2D eigenvalue weighted by atomic mass is 15.1. The monoisotopic (exact) mass is 261 g/mol. The van der Waals surface area contributed by atoms with Crippen LogP contribution in [0.5, 0.6) is 0 Å². The van der Waals surface area contributed by atoms with Gasteiger partial charge in [-0.25, -0.2) is 0 Å². The molecule has 2 unspecified atom stereocenters. The maximum absolute atomic E-state index is 5.91. The summed E-state index contributed by atoms with van der Waals surface area (Å²) < 4.78 is 0. The largest absolute Gasteiger partial charge is 0.330 e. The molecule has 0 aliphatic heterocycles. The van der Waals surface area contributed by atoms with Gasteiger partial charge in [0, 0.05) is 25.5 Å². The Morgan fingerprint density at radius 1 is 1.21 bits per heavy atom. The van der Waals surface area contributed by atoms with Crippen molar-refractivity contribution >= 4 is 0 Å². The number of nitrogens with two attached hydrogens (primary N) is 1.